The third-order valence-electron chi connectivity index (χ3n) is 2.16. The van der Waals surface area contributed by atoms with Gasteiger partial charge in [0.2, 0.25) is 0 Å². The highest BCUT2D eigenvalue weighted by Crippen LogP contribution is 2.26. The number of hydrogen-bond acceptors (Lipinski definition) is 3. The Morgan fingerprint density at radius 3 is 2.38 bits per heavy atom. The zero-order chi connectivity index (χ0) is 10.0. The Bertz CT molecular complexity index is 297. The van der Waals surface area contributed by atoms with Crippen LogP contribution in [0, 0.1) is 5.92 Å². The number of anilines is 1. The molecule has 0 amide bonds. The lowest BCUT2D eigenvalue weighted by Crippen LogP contribution is -2.16. The van der Waals surface area contributed by atoms with E-state index in [2.05, 4.69) is 0 Å². The number of nitrogen functional groups attached to an aromatic ring is 1. The minimum Gasteiger partial charge on any atom is -0.506 e. The van der Waals surface area contributed by atoms with Gasteiger partial charge in [-0.1, -0.05) is 19.9 Å². The van der Waals surface area contributed by atoms with Crippen LogP contribution >= 0.6 is 0 Å². The molecule has 1 rings (SSSR count). The standard InChI is InChI=1S/C10H16N2O/c1-6(2)10(12)7-3-4-8(11)9(13)5-7/h3-6,10,13H,11-12H2,1-2H3/t10-/m1/s1. The van der Waals surface area contributed by atoms with Crippen molar-refractivity contribution in [3.05, 3.63) is 23.8 Å². The molecule has 0 fully saturated rings. The summed E-state index contributed by atoms with van der Waals surface area (Å²) in [6.45, 7) is 4.08. The topological polar surface area (TPSA) is 72.3 Å². The third-order valence-corrected chi connectivity index (χ3v) is 2.16. The molecule has 0 saturated carbocycles. The van der Waals surface area contributed by atoms with Gasteiger partial charge in [0.25, 0.3) is 0 Å². The molecule has 1 aromatic carbocycles. The molecule has 0 aliphatic rings. The molecule has 0 aliphatic carbocycles. The quantitative estimate of drug-likeness (QED) is 0.478. The predicted molar refractivity (Wildman–Crippen MR) is 54.3 cm³/mol. The van der Waals surface area contributed by atoms with Gasteiger partial charge in [-0.25, -0.2) is 0 Å². The van der Waals surface area contributed by atoms with E-state index >= 15 is 0 Å². The van der Waals surface area contributed by atoms with Gasteiger partial charge in [0.1, 0.15) is 5.75 Å². The van der Waals surface area contributed by atoms with E-state index in [1.165, 1.54) is 0 Å². The van der Waals surface area contributed by atoms with E-state index in [4.69, 9.17) is 11.5 Å². The van der Waals surface area contributed by atoms with Crippen LogP contribution in [0.15, 0.2) is 18.2 Å². The van der Waals surface area contributed by atoms with Crippen LogP contribution in [0.3, 0.4) is 0 Å². The monoisotopic (exact) mass is 180 g/mol. The number of aromatic hydroxyl groups is 1. The molecule has 3 heteroatoms. The summed E-state index contributed by atoms with van der Waals surface area (Å²) in [6.07, 6.45) is 0. The van der Waals surface area contributed by atoms with Crippen LogP contribution in [0.25, 0.3) is 0 Å². The van der Waals surface area contributed by atoms with E-state index in [1.807, 2.05) is 19.9 Å². The summed E-state index contributed by atoms with van der Waals surface area (Å²) in [5.74, 6) is 0.455. The van der Waals surface area contributed by atoms with E-state index < -0.39 is 0 Å². The summed E-state index contributed by atoms with van der Waals surface area (Å²) >= 11 is 0. The third kappa shape index (κ3) is 2.12. The Labute approximate surface area is 78.4 Å². The summed E-state index contributed by atoms with van der Waals surface area (Å²) in [5, 5.41) is 9.35. The highest BCUT2D eigenvalue weighted by molar-refractivity contribution is 5.53. The van der Waals surface area contributed by atoms with Gasteiger partial charge in [-0.3, -0.25) is 0 Å². The molecular weight excluding hydrogens is 164 g/mol. The lowest BCUT2D eigenvalue weighted by atomic mass is 9.97. The maximum atomic E-state index is 9.35. The molecule has 72 valence electrons. The Balaban J connectivity index is 2.97. The normalized spacial score (nSPS) is 13.2. The summed E-state index contributed by atoms with van der Waals surface area (Å²) in [5.41, 5.74) is 12.7. The summed E-state index contributed by atoms with van der Waals surface area (Å²) in [7, 11) is 0. The fourth-order valence-electron chi connectivity index (χ4n) is 1.15. The molecule has 1 atom stereocenters. The maximum Gasteiger partial charge on any atom is 0.138 e. The highest BCUT2D eigenvalue weighted by Gasteiger charge is 2.11. The Morgan fingerprint density at radius 1 is 1.31 bits per heavy atom. The van der Waals surface area contributed by atoms with Gasteiger partial charge in [0.15, 0.2) is 0 Å². The molecule has 0 aliphatic heterocycles. The first-order valence-corrected chi connectivity index (χ1v) is 4.36. The first kappa shape index (κ1) is 9.86. The number of nitrogens with two attached hydrogens (primary N) is 2. The van der Waals surface area contributed by atoms with Gasteiger partial charge < -0.3 is 16.6 Å². The molecular formula is C10H16N2O. The summed E-state index contributed by atoms with van der Waals surface area (Å²) in [6, 6.07) is 5.10. The van der Waals surface area contributed by atoms with Gasteiger partial charge in [-0.15, -0.1) is 0 Å². The van der Waals surface area contributed by atoms with Crippen LogP contribution in [-0.2, 0) is 0 Å². The molecule has 5 N–H and O–H groups in total. The fraction of sp³-hybridized carbons (Fsp3) is 0.400. The van der Waals surface area contributed by atoms with Crippen LogP contribution in [0.1, 0.15) is 25.5 Å². The molecule has 3 nitrogen and oxygen atoms in total. The molecule has 0 saturated heterocycles. The van der Waals surface area contributed by atoms with Crippen LogP contribution in [0.5, 0.6) is 5.75 Å². The van der Waals surface area contributed by atoms with Crippen LogP contribution in [-0.4, -0.2) is 5.11 Å². The first-order valence-electron chi connectivity index (χ1n) is 4.36. The van der Waals surface area contributed by atoms with Gasteiger partial charge in [-0.05, 0) is 23.6 Å². The Hall–Kier alpha value is -1.22. The number of rotatable bonds is 2. The zero-order valence-corrected chi connectivity index (χ0v) is 7.99. The van der Waals surface area contributed by atoms with E-state index in [-0.39, 0.29) is 11.8 Å². The molecule has 13 heavy (non-hydrogen) atoms. The maximum absolute atomic E-state index is 9.35. The molecule has 0 aromatic heterocycles. The summed E-state index contributed by atoms with van der Waals surface area (Å²) in [4.78, 5) is 0. The zero-order valence-electron chi connectivity index (χ0n) is 7.99. The van der Waals surface area contributed by atoms with Gasteiger partial charge in [0, 0.05) is 6.04 Å². The second-order valence-corrected chi connectivity index (χ2v) is 3.59. The number of phenols is 1. The molecule has 0 unspecified atom stereocenters. The molecule has 0 radical (unpaired) electrons. The van der Waals surface area contributed by atoms with Crippen molar-refractivity contribution in [2.45, 2.75) is 19.9 Å². The summed E-state index contributed by atoms with van der Waals surface area (Å²) < 4.78 is 0. The van der Waals surface area contributed by atoms with Crippen molar-refractivity contribution in [1.29, 1.82) is 0 Å². The van der Waals surface area contributed by atoms with Gasteiger partial charge >= 0.3 is 0 Å². The molecule has 0 spiro atoms. The van der Waals surface area contributed by atoms with E-state index in [0.29, 0.717) is 11.6 Å². The van der Waals surface area contributed by atoms with Crippen molar-refractivity contribution >= 4 is 5.69 Å². The number of hydrogen-bond donors (Lipinski definition) is 3. The smallest absolute Gasteiger partial charge is 0.138 e. The van der Waals surface area contributed by atoms with Crippen molar-refractivity contribution in [2.75, 3.05) is 5.73 Å². The van der Waals surface area contributed by atoms with E-state index in [0.717, 1.165) is 5.56 Å². The Morgan fingerprint density at radius 2 is 1.92 bits per heavy atom. The van der Waals surface area contributed by atoms with Crippen molar-refractivity contribution in [2.24, 2.45) is 11.7 Å². The number of benzene rings is 1. The predicted octanol–water partition coefficient (Wildman–Crippen LogP) is 1.63. The minimum absolute atomic E-state index is 0.0495. The largest absolute Gasteiger partial charge is 0.506 e. The second kappa shape index (κ2) is 3.66. The molecule has 0 heterocycles. The molecule has 1 aromatic rings. The highest BCUT2D eigenvalue weighted by atomic mass is 16.3. The van der Waals surface area contributed by atoms with Crippen molar-refractivity contribution in [1.82, 2.24) is 0 Å². The Kier molecular flexibility index (Phi) is 2.78. The SMILES string of the molecule is CC(C)[C@@H](N)c1ccc(N)c(O)c1. The van der Waals surface area contributed by atoms with Crippen molar-refractivity contribution < 1.29 is 5.11 Å². The van der Waals surface area contributed by atoms with Gasteiger partial charge in [-0.2, -0.15) is 0 Å². The lowest BCUT2D eigenvalue weighted by molar-refractivity contribution is 0.471. The average molecular weight is 180 g/mol. The average Bonchev–Trinajstić information content (AvgIpc) is 2.08. The molecule has 0 bridgehead atoms. The fourth-order valence-corrected chi connectivity index (χ4v) is 1.15. The van der Waals surface area contributed by atoms with Crippen LogP contribution in [0.2, 0.25) is 0 Å². The number of phenolic OH excluding ortho intramolecular Hbond substituents is 1. The van der Waals surface area contributed by atoms with E-state index in [9.17, 15) is 5.11 Å². The second-order valence-electron chi connectivity index (χ2n) is 3.59. The van der Waals surface area contributed by atoms with Crippen molar-refractivity contribution in [3.63, 3.8) is 0 Å². The lowest BCUT2D eigenvalue weighted by Gasteiger charge is -2.16. The van der Waals surface area contributed by atoms with Crippen LogP contribution < -0.4 is 11.5 Å². The van der Waals surface area contributed by atoms with E-state index in [1.54, 1.807) is 12.1 Å². The van der Waals surface area contributed by atoms with Crippen LogP contribution in [0.4, 0.5) is 5.69 Å². The van der Waals surface area contributed by atoms with Gasteiger partial charge in [0.05, 0.1) is 5.69 Å². The minimum atomic E-state index is -0.0495. The first-order chi connectivity index (χ1) is 6.02. The van der Waals surface area contributed by atoms with Crippen molar-refractivity contribution in [3.8, 4) is 5.75 Å².